The third-order valence-electron chi connectivity index (χ3n) is 3.39. The summed E-state index contributed by atoms with van der Waals surface area (Å²) in [6, 6.07) is 15.3. The number of benzene rings is 2. The summed E-state index contributed by atoms with van der Waals surface area (Å²) < 4.78 is 0. The van der Waals surface area contributed by atoms with Crippen molar-refractivity contribution in [3.05, 3.63) is 81.0 Å². The van der Waals surface area contributed by atoms with Gasteiger partial charge in [0.1, 0.15) is 16.7 Å². The maximum Gasteiger partial charge on any atom is 0.289 e. The molecule has 7 nitrogen and oxygen atoms in total. The number of nitrogens with one attached hydrogen (secondary N) is 1. The van der Waals surface area contributed by atoms with Crippen molar-refractivity contribution in [3.63, 3.8) is 0 Å². The standard InChI is InChI=1S/C18H15ClN4O3/c1-22(11-13-5-3-2-4-6-13)12-14(10-20)18(24)21-15-7-8-16(19)17(9-15)23(25)26/h2-9,12H,11H2,1H3,(H,21,24)/b14-12-. The normalized spacial score (nSPS) is 10.7. The van der Waals surface area contributed by atoms with E-state index in [9.17, 15) is 20.2 Å². The van der Waals surface area contributed by atoms with Crippen molar-refractivity contribution in [3.8, 4) is 6.07 Å². The predicted molar refractivity (Wildman–Crippen MR) is 98.3 cm³/mol. The number of halogens is 1. The number of nitro benzene ring substituents is 1. The summed E-state index contributed by atoms with van der Waals surface area (Å²) >= 11 is 5.74. The fraction of sp³-hybridized carbons (Fsp3) is 0.111. The fourth-order valence-electron chi connectivity index (χ4n) is 2.20. The summed E-state index contributed by atoms with van der Waals surface area (Å²) in [7, 11) is 1.74. The largest absolute Gasteiger partial charge is 0.375 e. The van der Waals surface area contributed by atoms with E-state index in [1.54, 1.807) is 11.9 Å². The molecule has 1 amide bonds. The van der Waals surface area contributed by atoms with E-state index in [1.165, 1.54) is 18.3 Å². The van der Waals surface area contributed by atoms with Gasteiger partial charge in [0, 0.05) is 31.5 Å². The average molecular weight is 371 g/mol. The van der Waals surface area contributed by atoms with Crippen LogP contribution in [0.15, 0.2) is 60.3 Å². The van der Waals surface area contributed by atoms with Crippen molar-refractivity contribution in [2.45, 2.75) is 6.54 Å². The molecule has 132 valence electrons. The van der Waals surface area contributed by atoms with Crippen molar-refractivity contribution >= 4 is 28.9 Å². The van der Waals surface area contributed by atoms with E-state index in [-0.39, 0.29) is 22.0 Å². The minimum Gasteiger partial charge on any atom is -0.375 e. The highest BCUT2D eigenvalue weighted by atomic mass is 35.5. The Hall–Kier alpha value is -3.37. The molecule has 26 heavy (non-hydrogen) atoms. The third-order valence-corrected chi connectivity index (χ3v) is 3.71. The summed E-state index contributed by atoms with van der Waals surface area (Å²) in [5.74, 6) is -0.663. The number of carbonyl (C=O) groups excluding carboxylic acids is 1. The van der Waals surface area contributed by atoms with Gasteiger partial charge in [-0.25, -0.2) is 0 Å². The molecule has 2 aromatic carbocycles. The van der Waals surface area contributed by atoms with Gasteiger partial charge in [0.05, 0.1) is 4.92 Å². The monoisotopic (exact) mass is 370 g/mol. The van der Waals surface area contributed by atoms with Gasteiger partial charge in [-0.2, -0.15) is 5.26 Å². The summed E-state index contributed by atoms with van der Waals surface area (Å²) in [5.41, 5.74) is 0.754. The molecule has 0 aromatic heterocycles. The number of amides is 1. The maximum atomic E-state index is 12.3. The molecule has 0 radical (unpaired) electrons. The van der Waals surface area contributed by atoms with Gasteiger partial charge in [0.25, 0.3) is 11.6 Å². The summed E-state index contributed by atoms with van der Waals surface area (Å²) in [6.45, 7) is 0.520. The number of nitriles is 1. The minimum absolute atomic E-state index is 0.0355. The van der Waals surface area contributed by atoms with Crippen LogP contribution in [0, 0.1) is 21.4 Å². The van der Waals surface area contributed by atoms with E-state index in [0.717, 1.165) is 11.6 Å². The van der Waals surface area contributed by atoms with Crippen molar-refractivity contribution in [2.24, 2.45) is 0 Å². The predicted octanol–water partition coefficient (Wildman–Crippen LogP) is 3.73. The van der Waals surface area contributed by atoms with Crippen LogP contribution in [0.4, 0.5) is 11.4 Å². The summed E-state index contributed by atoms with van der Waals surface area (Å²) in [5, 5.41) is 22.6. The zero-order valence-electron chi connectivity index (χ0n) is 13.8. The van der Waals surface area contributed by atoms with E-state index in [1.807, 2.05) is 36.4 Å². The van der Waals surface area contributed by atoms with Crippen LogP contribution in [0.3, 0.4) is 0 Å². The van der Waals surface area contributed by atoms with Gasteiger partial charge in [0.15, 0.2) is 0 Å². The molecule has 0 aliphatic carbocycles. The first-order valence-electron chi connectivity index (χ1n) is 7.52. The van der Waals surface area contributed by atoms with Crippen molar-refractivity contribution in [1.82, 2.24) is 4.90 Å². The molecule has 0 aliphatic rings. The molecule has 0 saturated heterocycles. The number of rotatable bonds is 6. The van der Waals surface area contributed by atoms with E-state index in [0.29, 0.717) is 6.54 Å². The van der Waals surface area contributed by atoms with Gasteiger partial charge in [-0.15, -0.1) is 0 Å². The molecule has 0 unspecified atom stereocenters. The lowest BCUT2D eigenvalue weighted by atomic mass is 10.2. The highest BCUT2D eigenvalue weighted by Crippen LogP contribution is 2.27. The molecule has 0 saturated carbocycles. The van der Waals surface area contributed by atoms with Crippen LogP contribution in [0.2, 0.25) is 5.02 Å². The second-order valence-electron chi connectivity index (χ2n) is 5.43. The van der Waals surface area contributed by atoms with Crippen LogP contribution < -0.4 is 5.32 Å². The lowest BCUT2D eigenvalue weighted by molar-refractivity contribution is -0.384. The van der Waals surface area contributed by atoms with Crippen LogP contribution in [-0.4, -0.2) is 22.8 Å². The molecule has 0 bridgehead atoms. The molecular formula is C18H15ClN4O3. The highest BCUT2D eigenvalue weighted by molar-refractivity contribution is 6.32. The first-order valence-corrected chi connectivity index (χ1v) is 7.90. The SMILES string of the molecule is CN(/C=C(/C#N)C(=O)Nc1ccc(Cl)c([N+](=O)[O-])c1)Cc1ccccc1. The summed E-state index contributed by atoms with van der Waals surface area (Å²) in [6.07, 6.45) is 1.42. The van der Waals surface area contributed by atoms with Crippen LogP contribution in [0.25, 0.3) is 0 Å². The molecule has 0 spiro atoms. The average Bonchev–Trinajstić information content (AvgIpc) is 2.61. The molecule has 0 heterocycles. The Morgan fingerprint density at radius 3 is 2.65 bits per heavy atom. The first-order chi connectivity index (χ1) is 12.4. The highest BCUT2D eigenvalue weighted by Gasteiger charge is 2.16. The van der Waals surface area contributed by atoms with Gasteiger partial charge in [-0.1, -0.05) is 41.9 Å². The fourth-order valence-corrected chi connectivity index (χ4v) is 2.39. The number of nitrogens with zero attached hydrogens (tertiary/aromatic N) is 3. The van der Waals surface area contributed by atoms with Crippen LogP contribution in [0.5, 0.6) is 0 Å². The van der Waals surface area contributed by atoms with Crippen molar-refractivity contribution < 1.29 is 9.72 Å². The number of hydrogen-bond acceptors (Lipinski definition) is 5. The second-order valence-corrected chi connectivity index (χ2v) is 5.84. The molecule has 0 fully saturated rings. The maximum absolute atomic E-state index is 12.3. The Bertz CT molecular complexity index is 891. The molecule has 0 aliphatic heterocycles. The molecule has 0 atom stereocenters. The lowest BCUT2D eigenvalue weighted by Crippen LogP contribution is -2.18. The lowest BCUT2D eigenvalue weighted by Gasteiger charge is -2.15. The Labute approximate surface area is 155 Å². The van der Waals surface area contributed by atoms with E-state index >= 15 is 0 Å². The smallest absolute Gasteiger partial charge is 0.289 e. The van der Waals surface area contributed by atoms with Gasteiger partial charge in [-0.05, 0) is 17.7 Å². The Balaban J connectivity index is 2.12. The quantitative estimate of drug-likeness (QED) is 0.361. The Morgan fingerprint density at radius 2 is 2.04 bits per heavy atom. The second kappa shape index (κ2) is 8.65. The van der Waals surface area contributed by atoms with Crippen LogP contribution in [0.1, 0.15) is 5.56 Å². The zero-order chi connectivity index (χ0) is 19.1. The Kier molecular flexibility index (Phi) is 6.31. The van der Waals surface area contributed by atoms with Gasteiger partial charge >= 0.3 is 0 Å². The number of hydrogen-bond donors (Lipinski definition) is 1. The topological polar surface area (TPSA) is 99.3 Å². The van der Waals surface area contributed by atoms with Crippen LogP contribution >= 0.6 is 11.6 Å². The molecule has 2 rings (SSSR count). The summed E-state index contributed by atoms with van der Waals surface area (Å²) in [4.78, 5) is 24.2. The number of carbonyl (C=O) groups is 1. The van der Waals surface area contributed by atoms with E-state index < -0.39 is 10.8 Å². The number of nitro groups is 1. The first kappa shape index (κ1) is 19.0. The van der Waals surface area contributed by atoms with E-state index in [4.69, 9.17) is 11.6 Å². The van der Waals surface area contributed by atoms with Gasteiger partial charge < -0.3 is 10.2 Å². The molecule has 1 N–H and O–H groups in total. The van der Waals surface area contributed by atoms with Gasteiger partial charge in [0.2, 0.25) is 0 Å². The molecule has 8 heteroatoms. The third kappa shape index (κ3) is 5.06. The molecular weight excluding hydrogens is 356 g/mol. The number of anilines is 1. The van der Waals surface area contributed by atoms with Crippen molar-refractivity contribution in [2.75, 3.05) is 12.4 Å². The minimum atomic E-state index is -0.663. The van der Waals surface area contributed by atoms with E-state index in [2.05, 4.69) is 5.32 Å². The van der Waals surface area contributed by atoms with Crippen molar-refractivity contribution in [1.29, 1.82) is 5.26 Å². The Morgan fingerprint density at radius 1 is 1.35 bits per heavy atom. The van der Waals surface area contributed by atoms with Crippen LogP contribution in [-0.2, 0) is 11.3 Å². The zero-order valence-corrected chi connectivity index (χ0v) is 14.6. The van der Waals surface area contributed by atoms with Gasteiger partial charge in [-0.3, -0.25) is 14.9 Å². The molecule has 2 aromatic rings.